The molecule has 1 N–H and O–H groups in total. The van der Waals surface area contributed by atoms with Crippen LogP contribution in [0.3, 0.4) is 0 Å². The number of nitrogens with zero attached hydrogens (tertiary/aromatic N) is 3. The van der Waals surface area contributed by atoms with Gasteiger partial charge in [-0.1, -0.05) is 6.92 Å². The molecular formula is C18H23N3O3. The standard InChI is InChI=1S/C18H23N3O3/c1-12-11-20(9-8-16(12)18(23)24)17(22)14-3-5-15(6-4-14)21-10-7-13(2)19-21/h3-6,12,16H,7-11H2,1-2H3,(H,23,24). The van der Waals surface area contributed by atoms with Crippen LogP contribution in [0.5, 0.6) is 0 Å². The van der Waals surface area contributed by atoms with Crippen LogP contribution in [0, 0.1) is 11.8 Å². The van der Waals surface area contributed by atoms with Gasteiger partial charge in [0.25, 0.3) is 5.91 Å². The van der Waals surface area contributed by atoms with E-state index in [9.17, 15) is 14.7 Å². The lowest BCUT2D eigenvalue weighted by Gasteiger charge is -2.35. The summed E-state index contributed by atoms with van der Waals surface area (Å²) >= 11 is 0. The molecule has 0 saturated carbocycles. The van der Waals surface area contributed by atoms with Gasteiger partial charge in [-0.15, -0.1) is 0 Å². The number of carbonyl (C=O) groups excluding carboxylic acids is 1. The molecule has 24 heavy (non-hydrogen) atoms. The lowest BCUT2D eigenvalue weighted by Crippen LogP contribution is -2.45. The van der Waals surface area contributed by atoms with Gasteiger partial charge in [0, 0.05) is 37.3 Å². The highest BCUT2D eigenvalue weighted by Gasteiger charge is 2.33. The summed E-state index contributed by atoms with van der Waals surface area (Å²) in [6, 6.07) is 7.50. The molecule has 1 fully saturated rings. The van der Waals surface area contributed by atoms with E-state index < -0.39 is 5.97 Å². The maximum atomic E-state index is 12.6. The number of likely N-dealkylation sites (tertiary alicyclic amines) is 1. The fraction of sp³-hybridized carbons (Fsp3) is 0.500. The molecule has 2 heterocycles. The summed E-state index contributed by atoms with van der Waals surface area (Å²) < 4.78 is 0. The third-order valence-electron chi connectivity index (χ3n) is 4.90. The van der Waals surface area contributed by atoms with Crippen molar-refractivity contribution in [1.82, 2.24) is 4.90 Å². The molecule has 0 aromatic heterocycles. The number of amides is 1. The third-order valence-corrected chi connectivity index (χ3v) is 4.90. The van der Waals surface area contributed by atoms with Gasteiger partial charge in [0.15, 0.2) is 0 Å². The minimum atomic E-state index is -0.764. The van der Waals surface area contributed by atoms with E-state index in [1.165, 1.54) is 0 Å². The van der Waals surface area contributed by atoms with E-state index in [1.54, 1.807) is 4.90 Å². The van der Waals surface area contributed by atoms with Crippen LogP contribution in [-0.4, -0.2) is 47.2 Å². The Bertz CT molecular complexity index is 669. The van der Waals surface area contributed by atoms with Crippen molar-refractivity contribution in [3.63, 3.8) is 0 Å². The van der Waals surface area contributed by atoms with Crippen LogP contribution in [0.25, 0.3) is 0 Å². The molecule has 6 heteroatoms. The molecule has 0 aliphatic carbocycles. The maximum Gasteiger partial charge on any atom is 0.306 e. The predicted molar refractivity (Wildman–Crippen MR) is 92.3 cm³/mol. The summed E-state index contributed by atoms with van der Waals surface area (Å²) in [4.78, 5) is 25.6. The monoisotopic (exact) mass is 329 g/mol. The summed E-state index contributed by atoms with van der Waals surface area (Å²) in [7, 11) is 0. The molecule has 2 aliphatic heterocycles. The Morgan fingerprint density at radius 2 is 1.92 bits per heavy atom. The van der Waals surface area contributed by atoms with Gasteiger partial charge in [-0.3, -0.25) is 14.6 Å². The van der Waals surface area contributed by atoms with Crippen molar-refractivity contribution in [2.24, 2.45) is 16.9 Å². The van der Waals surface area contributed by atoms with Crippen molar-refractivity contribution in [3.8, 4) is 0 Å². The number of hydrogen-bond acceptors (Lipinski definition) is 4. The number of carboxylic acid groups (broad SMARTS) is 1. The van der Waals surface area contributed by atoms with E-state index in [-0.39, 0.29) is 17.7 Å². The van der Waals surface area contributed by atoms with Crippen LogP contribution in [0.2, 0.25) is 0 Å². The van der Waals surface area contributed by atoms with E-state index in [1.807, 2.05) is 43.1 Å². The fourth-order valence-electron chi connectivity index (χ4n) is 3.42. The van der Waals surface area contributed by atoms with Crippen LogP contribution in [0.1, 0.15) is 37.0 Å². The molecule has 0 bridgehead atoms. The lowest BCUT2D eigenvalue weighted by molar-refractivity contribution is -0.145. The Labute approximate surface area is 141 Å². The summed E-state index contributed by atoms with van der Waals surface area (Å²) in [6.07, 6.45) is 1.49. The van der Waals surface area contributed by atoms with Gasteiger partial charge in [0.2, 0.25) is 0 Å². The Morgan fingerprint density at radius 1 is 1.21 bits per heavy atom. The first-order chi connectivity index (χ1) is 11.5. The third kappa shape index (κ3) is 3.27. The first-order valence-electron chi connectivity index (χ1n) is 8.39. The first-order valence-corrected chi connectivity index (χ1v) is 8.39. The average molecular weight is 329 g/mol. The lowest BCUT2D eigenvalue weighted by atomic mass is 9.87. The van der Waals surface area contributed by atoms with E-state index in [0.29, 0.717) is 25.1 Å². The number of rotatable bonds is 3. The number of anilines is 1. The Balaban J connectivity index is 1.66. The zero-order valence-corrected chi connectivity index (χ0v) is 14.1. The highest BCUT2D eigenvalue weighted by Crippen LogP contribution is 2.25. The Morgan fingerprint density at radius 3 is 2.46 bits per heavy atom. The van der Waals surface area contributed by atoms with Crippen LogP contribution < -0.4 is 5.01 Å². The molecule has 128 valence electrons. The molecule has 1 aromatic rings. The molecular weight excluding hydrogens is 306 g/mol. The van der Waals surface area contributed by atoms with Gasteiger partial charge >= 0.3 is 5.97 Å². The topological polar surface area (TPSA) is 73.2 Å². The molecule has 0 spiro atoms. The van der Waals surface area contributed by atoms with E-state index in [4.69, 9.17) is 0 Å². The molecule has 2 unspecified atom stereocenters. The zero-order chi connectivity index (χ0) is 17.3. The van der Waals surface area contributed by atoms with Crippen LogP contribution in [0.15, 0.2) is 29.4 Å². The minimum Gasteiger partial charge on any atom is -0.481 e. The van der Waals surface area contributed by atoms with Gasteiger partial charge in [-0.05, 0) is 43.5 Å². The fourth-order valence-corrected chi connectivity index (χ4v) is 3.42. The Kier molecular flexibility index (Phi) is 4.55. The molecule has 1 amide bonds. The molecule has 2 atom stereocenters. The zero-order valence-electron chi connectivity index (χ0n) is 14.1. The Hall–Kier alpha value is -2.37. The molecule has 3 rings (SSSR count). The number of hydrogen-bond donors (Lipinski definition) is 1. The molecule has 1 saturated heterocycles. The largest absolute Gasteiger partial charge is 0.481 e. The van der Waals surface area contributed by atoms with Crippen molar-refractivity contribution in [2.75, 3.05) is 24.6 Å². The number of carboxylic acids is 1. The predicted octanol–water partition coefficient (Wildman–Crippen LogP) is 2.46. The SMILES string of the molecule is CC1=NN(c2ccc(C(=O)N3CCC(C(=O)O)C(C)C3)cc2)CC1. The van der Waals surface area contributed by atoms with Crippen LogP contribution in [0.4, 0.5) is 5.69 Å². The van der Waals surface area contributed by atoms with Gasteiger partial charge in [0.05, 0.1) is 11.6 Å². The maximum absolute atomic E-state index is 12.6. The minimum absolute atomic E-state index is 0.0265. The second kappa shape index (κ2) is 6.63. The highest BCUT2D eigenvalue weighted by molar-refractivity contribution is 5.95. The van der Waals surface area contributed by atoms with E-state index >= 15 is 0 Å². The van der Waals surface area contributed by atoms with E-state index in [2.05, 4.69) is 5.10 Å². The summed E-state index contributed by atoms with van der Waals surface area (Å²) in [6.45, 7) is 5.78. The first kappa shape index (κ1) is 16.5. The van der Waals surface area contributed by atoms with Gasteiger partial charge in [-0.2, -0.15) is 5.10 Å². The van der Waals surface area contributed by atoms with Crippen molar-refractivity contribution < 1.29 is 14.7 Å². The van der Waals surface area contributed by atoms with Crippen LogP contribution in [-0.2, 0) is 4.79 Å². The van der Waals surface area contributed by atoms with Crippen molar-refractivity contribution >= 4 is 23.3 Å². The molecule has 0 radical (unpaired) electrons. The van der Waals surface area contributed by atoms with Gasteiger partial charge in [-0.25, -0.2) is 0 Å². The second-order valence-electron chi connectivity index (χ2n) is 6.72. The molecule has 6 nitrogen and oxygen atoms in total. The quantitative estimate of drug-likeness (QED) is 0.924. The van der Waals surface area contributed by atoms with Gasteiger partial charge in [0.1, 0.15) is 0 Å². The van der Waals surface area contributed by atoms with Crippen molar-refractivity contribution in [1.29, 1.82) is 0 Å². The van der Waals surface area contributed by atoms with Crippen molar-refractivity contribution in [2.45, 2.75) is 26.7 Å². The van der Waals surface area contributed by atoms with Crippen LogP contribution >= 0.6 is 0 Å². The van der Waals surface area contributed by atoms with Crippen molar-refractivity contribution in [3.05, 3.63) is 29.8 Å². The molecule has 1 aromatic carbocycles. The highest BCUT2D eigenvalue weighted by atomic mass is 16.4. The normalized spacial score (nSPS) is 24.0. The van der Waals surface area contributed by atoms with Gasteiger partial charge < -0.3 is 10.0 Å². The average Bonchev–Trinajstić information content (AvgIpc) is 3.00. The number of benzene rings is 1. The number of carbonyl (C=O) groups is 2. The summed E-state index contributed by atoms with van der Waals surface area (Å²) in [5.74, 6) is -1.17. The van der Waals surface area contributed by atoms with E-state index in [0.717, 1.165) is 24.4 Å². The number of hydrazone groups is 1. The summed E-state index contributed by atoms with van der Waals surface area (Å²) in [5, 5.41) is 15.6. The smallest absolute Gasteiger partial charge is 0.306 e. The second-order valence-corrected chi connectivity index (χ2v) is 6.72. The number of aliphatic carboxylic acids is 1. The molecule has 2 aliphatic rings. The number of piperidine rings is 1. The summed E-state index contributed by atoms with van der Waals surface area (Å²) in [5.41, 5.74) is 2.74.